The van der Waals surface area contributed by atoms with Crippen LogP contribution in [0.25, 0.3) is 10.9 Å². The fourth-order valence-electron chi connectivity index (χ4n) is 2.80. The summed E-state index contributed by atoms with van der Waals surface area (Å²) in [6.07, 6.45) is 2.57. The second-order valence-corrected chi connectivity index (χ2v) is 5.69. The van der Waals surface area contributed by atoms with Crippen LogP contribution in [0, 0.1) is 6.92 Å². The number of ketones is 1. The molecule has 0 fully saturated rings. The Morgan fingerprint density at radius 1 is 1.14 bits per heavy atom. The maximum absolute atomic E-state index is 12.3. The van der Waals surface area contributed by atoms with Gasteiger partial charge in [-0.05, 0) is 30.0 Å². The predicted octanol–water partition coefficient (Wildman–Crippen LogP) is 4.85. The van der Waals surface area contributed by atoms with E-state index in [0.717, 1.165) is 11.1 Å². The molecule has 0 aliphatic heterocycles. The highest BCUT2D eigenvalue weighted by atomic mass is 16.1. The van der Waals surface area contributed by atoms with Crippen molar-refractivity contribution in [3.8, 4) is 0 Å². The Kier molecular flexibility index (Phi) is 3.61. The van der Waals surface area contributed by atoms with Crippen molar-refractivity contribution in [2.75, 3.05) is 0 Å². The van der Waals surface area contributed by atoms with Crippen LogP contribution in [0.5, 0.6) is 0 Å². The van der Waals surface area contributed by atoms with Crippen molar-refractivity contribution in [1.29, 1.82) is 0 Å². The Hall–Kier alpha value is -2.35. The van der Waals surface area contributed by atoms with Crippen molar-refractivity contribution < 1.29 is 4.79 Å². The van der Waals surface area contributed by atoms with Gasteiger partial charge in [-0.15, -0.1) is 0 Å². The zero-order chi connectivity index (χ0) is 14.8. The zero-order valence-electron chi connectivity index (χ0n) is 12.4. The first-order chi connectivity index (χ1) is 10.1. The Balaban J connectivity index is 1.84. The number of carbonyl (C=O) groups is 1. The summed E-state index contributed by atoms with van der Waals surface area (Å²) in [5.74, 6) is 0.402. The van der Waals surface area contributed by atoms with Crippen molar-refractivity contribution in [2.24, 2.45) is 0 Å². The lowest BCUT2D eigenvalue weighted by Crippen LogP contribution is -2.04. The fourth-order valence-corrected chi connectivity index (χ4v) is 2.80. The normalized spacial score (nSPS) is 12.5. The van der Waals surface area contributed by atoms with Gasteiger partial charge in [0.1, 0.15) is 0 Å². The summed E-state index contributed by atoms with van der Waals surface area (Å²) in [5.41, 5.74) is 4.39. The van der Waals surface area contributed by atoms with Crippen LogP contribution in [-0.2, 0) is 0 Å². The first-order valence-corrected chi connectivity index (χ1v) is 7.31. The first kappa shape index (κ1) is 13.6. The van der Waals surface area contributed by atoms with Crippen LogP contribution in [0.3, 0.4) is 0 Å². The second kappa shape index (κ2) is 5.57. The molecule has 2 nitrogen and oxygen atoms in total. The van der Waals surface area contributed by atoms with Crippen LogP contribution in [0.4, 0.5) is 0 Å². The maximum Gasteiger partial charge on any atom is 0.163 e. The Morgan fingerprint density at radius 3 is 2.67 bits per heavy atom. The number of rotatable bonds is 4. The summed E-state index contributed by atoms with van der Waals surface area (Å²) in [7, 11) is 0. The van der Waals surface area contributed by atoms with Crippen LogP contribution in [-0.4, -0.2) is 10.8 Å². The number of aromatic amines is 1. The monoisotopic (exact) mass is 277 g/mol. The van der Waals surface area contributed by atoms with Gasteiger partial charge in [-0.1, -0.05) is 49.4 Å². The van der Waals surface area contributed by atoms with E-state index in [1.165, 1.54) is 16.5 Å². The summed E-state index contributed by atoms with van der Waals surface area (Å²) in [6, 6.07) is 15.9. The Labute approximate surface area is 124 Å². The molecule has 21 heavy (non-hydrogen) atoms. The molecule has 1 atom stereocenters. The number of aromatic nitrogens is 1. The Bertz CT molecular complexity index is 771. The highest BCUT2D eigenvalue weighted by Gasteiger charge is 2.16. The lowest BCUT2D eigenvalue weighted by atomic mass is 9.93. The molecule has 3 aromatic rings. The number of hydrogen-bond acceptors (Lipinski definition) is 1. The van der Waals surface area contributed by atoms with E-state index in [4.69, 9.17) is 0 Å². The standard InChI is InChI=1S/C19H19NO/c1-13-8-9-16-17(12-20-18(16)10-13)14(2)11-19(21)15-6-4-3-5-7-15/h3-10,12,14,20H,11H2,1-2H3/t14-/m1/s1. The number of aryl methyl sites for hydroxylation is 1. The quantitative estimate of drug-likeness (QED) is 0.679. The smallest absolute Gasteiger partial charge is 0.163 e. The van der Waals surface area contributed by atoms with E-state index >= 15 is 0 Å². The van der Waals surface area contributed by atoms with Gasteiger partial charge in [0.2, 0.25) is 0 Å². The number of benzene rings is 2. The van der Waals surface area contributed by atoms with Gasteiger partial charge in [-0.2, -0.15) is 0 Å². The number of nitrogens with one attached hydrogen (secondary N) is 1. The third-order valence-electron chi connectivity index (χ3n) is 3.99. The molecule has 2 heteroatoms. The molecule has 1 aromatic heterocycles. The van der Waals surface area contributed by atoms with Gasteiger partial charge in [0, 0.05) is 29.1 Å². The van der Waals surface area contributed by atoms with Crippen LogP contribution >= 0.6 is 0 Å². The van der Waals surface area contributed by atoms with Gasteiger partial charge in [-0.3, -0.25) is 4.79 Å². The van der Waals surface area contributed by atoms with E-state index in [1.54, 1.807) is 0 Å². The average Bonchev–Trinajstić information content (AvgIpc) is 2.91. The molecule has 106 valence electrons. The minimum atomic E-state index is 0.199. The molecule has 0 unspecified atom stereocenters. The number of H-pyrrole nitrogens is 1. The molecule has 0 amide bonds. The lowest BCUT2D eigenvalue weighted by Gasteiger charge is -2.10. The molecule has 1 heterocycles. The number of carbonyl (C=O) groups excluding carboxylic acids is 1. The van der Waals surface area contributed by atoms with Gasteiger partial charge in [0.15, 0.2) is 5.78 Å². The third-order valence-corrected chi connectivity index (χ3v) is 3.99. The summed E-state index contributed by atoms with van der Waals surface area (Å²) < 4.78 is 0. The highest BCUT2D eigenvalue weighted by Crippen LogP contribution is 2.29. The molecule has 0 spiro atoms. The van der Waals surface area contributed by atoms with E-state index in [-0.39, 0.29) is 11.7 Å². The molecule has 0 aliphatic carbocycles. The van der Waals surface area contributed by atoms with Gasteiger partial charge >= 0.3 is 0 Å². The molecule has 0 bridgehead atoms. The average molecular weight is 277 g/mol. The molecule has 0 radical (unpaired) electrons. The molecule has 0 saturated heterocycles. The maximum atomic E-state index is 12.3. The second-order valence-electron chi connectivity index (χ2n) is 5.69. The summed E-state index contributed by atoms with van der Waals surface area (Å²) in [6.45, 7) is 4.20. The molecule has 1 N–H and O–H groups in total. The SMILES string of the molecule is Cc1ccc2c([C@H](C)CC(=O)c3ccccc3)c[nH]c2c1. The lowest BCUT2D eigenvalue weighted by molar-refractivity contribution is 0.0976. The van der Waals surface area contributed by atoms with E-state index in [9.17, 15) is 4.79 Å². The zero-order valence-corrected chi connectivity index (χ0v) is 12.4. The fraction of sp³-hybridized carbons (Fsp3) is 0.211. The van der Waals surface area contributed by atoms with E-state index in [0.29, 0.717) is 6.42 Å². The molecule has 0 aliphatic rings. The van der Waals surface area contributed by atoms with Crippen LogP contribution in [0.2, 0.25) is 0 Å². The van der Waals surface area contributed by atoms with Crippen LogP contribution in [0.1, 0.15) is 40.7 Å². The molecule has 3 rings (SSSR count). The van der Waals surface area contributed by atoms with E-state index < -0.39 is 0 Å². The minimum absolute atomic E-state index is 0.199. The number of fused-ring (bicyclic) bond motifs is 1. The van der Waals surface area contributed by atoms with Gasteiger partial charge in [-0.25, -0.2) is 0 Å². The van der Waals surface area contributed by atoms with Crippen molar-refractivity contribution >= 4 is 16.7 Å². The van der Waals surface area contributed by atoms with Crippen molar-refractivity contribution in [3.63, 3.8) is 0 Å². The van der Waals surface area contributed by atoms with Crippen molar-refractivity contribution in [1.82, 2.24) is 4.98 Å². The molecular weight excluding hydrogens is 258 g/mol. The first-order valence-electron chi connectivity index (χ1n) is 7.31. The number of Topliss-reactive ketones (excluding diaryl/α,β-unsaturated/α-hetero) is 1. The third kappa shape index (κ3) is 2.75. The van der Waals surface area contributed by atoms with Crippen molar-refractivity contribution in [3.05, 3.63) is 71.4 Å². The van der Waals surface area contributed by atoms with Crippen LogP contribution in [0.15, 0.2) is 54.7 Å². The molecule has 2 aromatic carbocycles. The van der Waals surface area contributed by atoms with Gasteiger partial charge in [0.25, 0.3) is 0 Å². The summed E-state index contributed by atoms with van der Waals surface area (Å²) in [5, 5.41) is 1.22. The van der Waals surface area contributed by atoms with Crippen LogP contribution < -0.4 is 0 Å². The number of hydrogen-bond donors (Lipinski definition) is 1. The Morgan fingerprint density at radius 2 is 1.90 bits per heavy atom. The largest absolute Gasteiger partial charge is 0.361 e. The van der Waals surface area contributed by atoms with E-state index in [2.05, 4.69) is 37.0 Å². The summed E-state index contributed by atoms with van der Waals surface area (Å²) >= 11 is 0. The van der Waals surface area contributed by atoms with E-state index in [1.807, 2.05) is 36.5 Å². The van der Waals surface area contributed by atoms with Gasteiger partial charge < -0.3 is 4.98 Å². The highest BCUT2D eigenvalue weighted by molar-refractivity contribution is 5.97. The molecular formula is C19H19NO. The summed E-state index contributed by atoms with van der Waals surface area (Å²) in [4.78, 5) is 15.6. The minimum Gasteiger partial charge on any atom is -0.361 e. The topological polar surface area (TPSA) is 32.9 Å². The predicted molar refractivity (Wildman–Crippen MR) is 86.8 cm³/mol. The van der Waals surface area contributed by atoms with Crippen molar-refractivity contribution in [2.45, 2.75) is 26.2 Å². The van der Waals surface area contributed by atoms with Gasteiger partial charge in [0.05, 0.1) is 0 Å². The molecule has 0 saturated carbocycles.